The molecule has 0 atom stereocenters. The number of carbonyl (C=O) groups excluding carboxylic acids is 1. The Labute approximate surface area is 139 Å². The van der Waals surface area contributed by atoms with Crippen LogP contribution in [0, 0.1) is 6.92 Å². The van der Waals surface area contributed by atoms with Crippen LogP contribution in [0.5, 0.6) is 0 Å². The van der Waals surface area contributed by atoms with Crippen molar-refractivity contribution in [3.63, 3.8) is 0 Å². The Morgan fingerprint density at radius 1 is 0.680 bits per heavy atom. The highest BCUT2D eigenvalue weighted by molar-refractivity contribution is 5.79. The molecule has 7 heteroatoms. The maximum absolute atomic E-state index is 12.8. The molecule has 0 amide bonds. The van der Waals surface area contributed by atoms with Gasteiger partial charge in [-0.05, 0) is 53.9 Å². The van der Waals surface area contributed by atoms with Gasteiger partial charge in [-0.25, -0.2) is 0 Å². The van der Waals surface area contributed by atoms with Gasteiger partial charge in [0, 0.05) is 5.56 Å². The highest BCUT2D eigenvalue weighted by Crippen LogP contribution is 2.36. The number of hydrogen-bond acceptors (Lipinski definition) is 1. The minimum atomic E-state index is -4.89. The molecule has 0 unspecified atom stereocenters. The lowest BCUT2D eigenvalue weighted by molar-refractivity contribution is -0.143. The van der Waals surface area contributed by atoms with E-state index in [2.05, 4.69) is 0 Å². The molecule has 0 aromatic heterocycles. The topological polar surface area (TPSA) is 17.1 Å². The van der Waals surface area contributed by atoms with Crippen molar-refractivity contribution in [2.75, 3.05) is 0 Å². The van der Waals surface area contributed by atoms with Crippen LogP contribution >= 0.6 is 0 Å². The molecule has 0 aliphatic carbocycles. The van der Waals surface area contributed by atoms with E-state index in [0.29, 0.717) is 29.5 Å². The van der Waals surface area contributed by atoms with E-state index in [1.165, 1.54) is 12.1 Å². The number of halogens is 6. The Bertz CT molecular complexity index is 783. The second kappa shape index (κ2) is 6.74. The molecule has 0 radical (unpaired) electrons. The van der Waals surface area contributed by atoms with Crippen molar-refractivity contribution < 1.29 is 31.1 Å². The molecule has 0 spiro atoms. The smallest absolute Gasteiger partial charge is 0.298 e. The number of carbonyl (C=O) groups is 1. The van der Waals surface area contributed by atoms with Crippen LogP contribution in [0.2, 0.25) is 0 Å². The first-order chi connectivity index (χ1) is 11.5. The van der Waals surface area contributed by atoms with E-state index in [4.69, 9.17) is 0 Å². The summed E-state index contributed by atoms with van der Waals surface area (Å²) < 4.78 is 76.9. The molecule has 25 heavy (non-hydrogen) atoms. The maximum atomic E-state index is 12.8. The molecular formula is C18H12F6O. The zero-order chi connectivity index (χ0) is 18.8. The third kappa shape index (κ3) is 4.95. The molecule has 0 aliphatic heterocycles. The molecule has 2 aromatic rings. The zero-order valence-corrected chi connectivity index (χ0v) is 12.9. The second-order valence-electron chi connectivity index (χ2n) is 5.47. The van der Waals surface area contributed by atoms with Crippen molar-refractivity contribution >= 4 is 18.4 Å². The van der Waals surface area contributed by atoms with Crippen LogP contribution in [0.3, 0.4) is 0 Å². The maximum Gasteiger partial charge on any atom is 0.416 e. The fourth-order valence-electron chi connectivity index (χ4n) is 2.28. The lowest BCUT2D eigenvalue weighted by Gasteiger charge is -2.13. The summed E-state index contributed by atoms with van der Waals surface area (Å²) in [5, 5.41) is 0. The molecule has 132 valence electrons. The molecule has 1 nitrogen and oxygen atoms in total. The number of benzene rings is 2. The third-order valence-corrected chi connectivity index (χ3v) is 3.34. The highest BCUT2D eigenvalue weighted by atomic mass is 19.4. The summed E-state index contributed by atoms with van der Waals surface area (Å²) in [6.45, 7) is 1.72. The molecular weight excluding hydrogens is 346 g/mol. The predicted octanol–water partition coefficient (Wildman–Crippen LogP) is 6.02. The van der Waals surface area contributed by atoms with Gasteiger partial charge in [0.2, 0.25) is 0 Å². The van der Waals surface area contributed by atoms with Gasteiger partial charge >= 0.3 is 12.4 Å². The summed E-state index contributed by atoms with van der Waals surface area (Å²) in [6.07, 6.45) is -6.67. The Morgan fingerprint density at radius 2 is 1.12 bits per heavy atom. The van der Waals surface area contributed by atoms with Crippen LogP contribution in [0.25, 0.3) is 12.2 Å². The van der Waals surface area contributed by atoms with Crippen molar-refractivity contribution in [2.45, 2.75) is 19.3 Å². The van der Waals surface area contributed by atoms with E-state index in [1.807, 2.05) is 0 Å². The fourth-order valence-corrected chi connectivity index (χ4v) is 2.28. The number of rotatable bonds is 3. The Kier molecular flexibility index (Phi) is 5.06. The summed E-state index contributed by atoms with van der Waals surface area (Å²) in [5.41, 5.74) is -1.40. The van der Waals surface area contributed by atoms with E-state index in [0.717, 1.165) is 11.6 Å². The molecule has 0 saturated carbocycles. The first kappa shape index (κ1) is 18.8. The van der Waals surface area contributed by atoms with E-state index in [-0.39, 0.29) is 11.6 Å². The summed E-state index contributed by atoms with van der Waals surface area (Å²) in [4.78, 5) is 10.8. The molecule has 2 aromatic carbocycles. The lowest BCUT2D eigenvalue weighted by Crippen LogP contribution is -2.11. The largest absolute Gasteiger partial charge is 0.416 e. The van der Waals surface area contributed by atoms with Crippen molar-refractivity contribution in [1.29, 1.82) is 0 Å². The van der Waals surface area contributed by atoms with Gasteiger partial charge in [-0.3, -0.25) is 4.79 Å². The van der Waals surface area contributed by atoms with E-state index >= 15 is 0 Å². The predicted molar refractivity (Wildman–Crippen MR) is 81.9 cm³/mol. The first-order valence-corrected chi connectivity index (χ1v) is 7.03. The molecule has 2 rings (SSSR count). The van der Waals surface area contributed by atoms with Crippen LogP contribution in [0.1, 0.15) is 38.2 Å². The minimum absolute atomic E-state index is 0.0779. The van der Waals surface area contributed by atoms with Gasteiger partial charge in [-0.15, -0.1) is 0 Å². The van der Waals surface area contributed by atoms with Crippen LogP contribution in [0.4, 0.5) is 26.3 Å². The fraction of sp³-hybridized carbons (Fsp3) is 0.167. The zero-order valence-electron chi connectivity index (χ0n) is 12.9. The standard InChI is InChI=1S/C18H12F6O/c1-11-4-12(6-14(5-11)10-25)2-3-13-7-15(17(19,20)21)9-16(8-13)18(22,23)24/h2-10H,1H3/b3-2+. The van der Waals surface area contributed by atoms with Crippen LogP contribution in [-0.4, -0.2) is 6.29 Å². The van der Waals surface area contributed by atoms with Gasteiger partial charge < -0.3 is 0 Å². The monoisotopic (exact) mass is 358 g/mol. The molecule has 0 bridgehead atoms. The van der Waals surface area contributed by atoms with Crippen molar-refractivity contribution in [3.8, 4) is 0 Å². The van der Waals surface area contributed by atoms with Crippen LogP contribution in [-0.2, 0) is 12.4 Å². The van der Waals surface area contributed by atoms with Gasteiger partial charge in [0.05, 0.1) is 11.1 Å². The number of aryl methyl sites for hydroxylation is 1. The lowest BCUT2D eigenvalue weighted by atomic mass is 10.0. The highest BCUT2D eigenvalue weighted by Gasteiger charge is 2.36. The number of hydrogen-bond donors (Lipinski definition) is 0. The number of aldehydes is 1. The van der Waals surface area contributed by atoms with E-state index in [1.54, 1.807) is 19.1 Å². The van der Waals surface area contributed by atoms with E-state index in [9.17, 15) is 31.1 Å². The molecule has 0 N–H and O–H groups in total. The SMILES string of the molecule is Cc1cc(C=O)cc(/C=C/c2cc(C(F)(F)F)cc(C(F)(F)F)c2)c1. The van der Waals surface area contributed by atoms with Gasteiger partial charge in [0.25, 0.3) is 0 Å². The third-order valence-electron chi connectivity index (χ3n) is 3.34. The van der Waals surface area contributed by atoms with Crippen LogP contribution in [0.15, 0.2) is 36.4 Å². The quantitative estimate of drug-likeness (QED) is 0.373. The molecule has 0 saturated heterocycles. The van der Waals surface area contributed by atoms with Crippen molar-refractivity contribution in [1.82, 2.24) is 0 Å². The Hall–Kier alpha value is -2.57. The Balaban J connectivity index is 2.48. The summed E-state index contributed by atoms with van der Waals surface area (Å²) in [6, 6.07) is 6.10. The van der Waals surface area contributed by atoms with Crippen LogP contribution < -0.4 is 0 Å². The Morgan fingerprint density at radius 3 is 1.56 bits per heavy atom. The second-order valence-corrected chi connectivity index (χ2v) is 5.47. The van der Waals surface area contributed by atoms with Crippen molar-refractivity contribution in [2.24, 2.45) is 0 Å². The first-order valence-electron chi connectivity index (χ1n) is 7.03. The average Bonchev–Trinajstić information content (AvgIpc) is 2.50. The average molecular weight is 358 g/mol. The van der Waals surface area contributed by atoms with E-state index < -0.39 is 23.5 Å². The van der Waals surface area contributed by atoms with Gasteiger partial charge in [-0.1, -0.05) is 18.2 Å². The number of alkyl halides is 6. The van der Waals surface area contributed by atoms with Gasteiger partial charge in [0.1, 0.15) is 6.29 Å². The summed E-state index contributed by atoms with van der Waals surface area (Å²) >= 11 is 0. The molecule has 0 fully saturated rings. The summed E-state index contributed by atoms with van der Waals surface area (Å²) in [7, 11) is 0. The normalized spacial score (nSPS) is 12.6. The molecule has 0 aliphatic rings. The summed E-state index contributed by atoms with van der Waals surface area (Å²) in [5.74, 6) is 0. The van der Waals surface area contributed by atoms with Gasteiger partial charge in [0.15, 0.2) is 0 Å². The van der Waals surface area contributed by atoms with Gasteiger partial charge in [-0.2, -0.15) is 26.3 Å². The van der Waals surface area contributed by atoms with Crippen molar-refractivity contribution in [3.05, 3.63) is 69.8 Å². The minimum Gasteiger partial charge on any atom is -0.298 e. The molecule has 0 heterocycles.